The summed E-state index contributed by atoms with van der Waals surface area (Å²) in [5, 5.41) is 1.01. The third-order valence-electron chi connectivity index (χ3n) is 2.52. The van der Waals surface area contributed by atoms with Crippen molar-refractivity contribution < 1.29 is 0 Å². The first-order valence-corrected chi connectivity index (χ1v) is 6.39. The molecule has 0 spiro atoms. The molecule has 1 heterocycles. The Balaban J connectivity index is 2.03. The Labute approximate surface area is 105 Å². The fraction of sp³-hybridized carbons (Fsp3) is 0.231. The minimum Gasteiger partial charge on any atom is -0.323 e. The summed E-state index contributed by atoms with van der Waals surface area (Å²) in [6.45, 7) is 2.10. The number of hydrogen-bond donors (Lipinski definition) is 1. The van der Waals surface area contributed by atoms with Crippen molar-refractivity contribution in [3.8, 4) is 0 Å². The Morgan fingerprint density at radius 2 is 1.71 bits per heavy atom. The summed E-state index contributed by atoms with van der Waals surface area (Å²) in [5.41, 5.74) is 7.35. The van der Waals surface area contributed by atoms with E-state index in [2.05, 4.69) is 16.9 Å². The van der Waals surface area contributed by atoms with Crippen molar-refractivity contribution in [2.45, 2.75) is 23.4 Å². The lowest BCUT2D eigenvalue weighted by atomic mass is 10.1. The van der Waals surface area contributed by atoms with Gasteiger partial charge in [-0.05, 0) is 11.6 Å². The van der Waals surface area contributed by atoms with E-state index in [4.69, 9.17) is 5.73 Å². The molecule has 0 saturated heterocycles. The van der Waals surface area contributed by atoms with Crippen LogP contribution in [0.5, 0.6) is 0 Å². The highest BCUT2D eigenvalue weighted by Gasteiger charge is 2.16. The molecule has 0 fully saturated rings. The molecule has 2 atom stereocenters. The molecule has 1 aromatic heterocycles. The van der Waals surface area contributed by atoms with E-state index in [0.29, 0.717) is 0 Å². The molecule has 2 unspecified atom stereocenters. The summed E-state index contributed by atoms with van der Waals surface area (Å²) in [6.07, 6.45) is 3.49. The number of aromatic nitrogens is 2. The highest BCUT2D eigenvalue weighted by atomic mass is 32.2. The molecule has 4 heteroatoms. The maximum Gasteiger partial charge on any atom is 0.187 e. The van der Waals surface area contributed by atoms with Gasteiger partial charge in [-0.25, -0.2) is 9.97 Å². The van der Waals surface area contributed by atoms with Crippen LogP contribution in [-0.4, -0.2) is 15.2 Å². The number of thioether (sulfide) groups is 1. The van der Waals surface area contributed by atoms with Crippen LogP contribution in [0, 0.1) is 0 Å². The van der Waals surface area contributed by atoms with Gasteiger partial charge in [-0.3, -0.25) is 0 Å². The van der Waals surface area contributed by atoms with Crippen LogP contribution in [0.3, 0.4) is 0 Å². The fourth-order valence-corrected chi connectivity index (χ4v) is 2.41. The quantitative estimate of drug-likeness (QED) is 0.664. The maximum absolute atomic E-state index is 6.21. The molecule has 0 aliphatic rings. The topological polar surface area (TPSA) is 51.8 Å². The molecule has 17 heavy (non-hydrogen) atoms. The van der Waals surface area contributed by atoms with Crippen molar-refractivity contribution in [2.75, 3.05) is 0 Å². The van der Waals surface area contributed by atoms with Gasteiger partial charge in [0.15, 0.2) is 5.16 Å². The van der Waals surface area contributed by atoms with Crippen molar-refractivity contribution >= 4 is 11.8 Å². The summed E-state index contributed by atoms with van der Waals surface area (Å²) in [6, 6.07) is 11.9. The average Bonchev–Trinajstić information content (AvgIpc) is 2.40. The van der Waals surface area contributed by atoms with Crippen LogP contribution in [0.1, 0.15) is 18.5 Å². The van der Waals surface area contributed by atoms with Crippen molar-refractivity contribution in [1.82, 2.24) is 9.97 Å². The Bertz CT molecular complexity index is 447. The second-order valence-corrected chi connectivity index (χ2v) is 5.14. The normalized spacial score (nSPS) is 14.2. The molecule has 0 aliphatic carbocycles. The van der Waals surface area contributed by atoms with Gasteiger partial charge < -0.3 is 5.73 Å². The summed E-state index contributed by atoms with van der Waals surface area (Å²) >= 11 is 1.60. The number of benzene rings is 1. The second-order valence-electron chi connectivity index (χ2n) is 3.79. The van der Waals surface area contributed by atoms with E-state index in [1.807, 2.05) is 36.4 Å². The highest BCUT2D eigenvalue weighted by molar-refractivity contribution is 7.99. The van der Waals surface area contributed by atoms with E-state index >= 15 is 0 Å². The number of nitrogens with zero attached hydrogens (tertiary/aromatic N) is 2. The third kappa shape index (κ3) is 3.28. The van der Waals surface area contributed by atoms with E-state index in [1.165, 1.54) is 0 Å². The van der Waals surface area contributed by atoms with Gasteiger partial charge in [0.2, 0.25) is 0 Å². The van der Waals surface area contributed by atoms with Crippen LogP contribution in [0.15, 0.2) is 53.9 Å². The lowest BCUT2D eigenvalue weighted by Gasteiger charge is -2.18. The van der Waals surface area contributed by atoms with Crippen LogP contribution < -0.4 is 5.73 Å². The van der Waals surface area contributed by atoms with Gasteiger partial charge >= 0.3 is 0 Å². The van der Waals surface area contributed by atoms with E-state index in [-0.39, 0.29) is 11.3 Å². The Morgan fingerprint density at radius 1 is 1.06 bits per heavy atom. The molecule has 2 rings (SSSR count). The Hall–Kier alpha value is -1.39. The van der Waals surface area contributed by atoms with Gasteiger partial charge in [-0.2, -0.15) is 0 Å². The second kappa shape index (κ2) is 5.80. The molecule has 1 aromatic carbocycles. The van der Waals surface area contributed by atoms with Gasteiger partial charge in [0.1, 0.15) is 0 Å². The van der Waals surface area contributed by atoms with Crippen molar-refractivity contribution in [2.24, 2.45) is 5.73 Å². The lowest BCUT2D eigenvalue weighted by Crippen LogP contribution is -2.21. The minimum atomic E-state index is -0.00925. The molecule has 2 N–H and O–H groups in total. The summed E-state index contributed by atoms with van der Waals surface area (Å²) in [4.78, 5) is 8.38. The molecule has 0 aliphatic heterocycles. The SMILES string of the molecule is CC(Sc1ncccn1)C(N)c1ccccc1. The summed E-state index contributed by atoms with van der Waals surface area (Å²) in [5.74, 6) is 0. The molecule has 0 radical (unpaired) electrons. The standard InChI is InChI=1S/C13H15N3S/c1-10(17-13-15-8-5-9-16-13)12(14)11-6-3-2-4-7-11/h2-10,12H,14H2,1H3. The first kappa shape index (κ1) is 12.1. The number of nitrogens with two attached hydrogens (primary N) is 1. The number of rotatable bonds is 4. The molecule has 0 saturated carbocycles. The molecule has 0 amide bonds. The fourth-order valence-electron chi connectivity index (χ4n) is 1.53. The Morgan fingerprint density at radius 3 is 2.35 bits per heavy atom. The van der Waals surface area contributed by atoms with Gasteiger partial charge in [0, 0.05) is 23.7 Å². The van der Waals surface area contributed by atoms with Crippen LogP contribution in [-0.2, 0) is 0 Å². The van der Waals surface area contributed by atoms with E-state index in [1.54, 1.807) is 24.2 Å². The molecule has 3 nitrogen and oxygen atoms in total. The van der Waals surface area contributed by atoms with Crippen molar-refractivity contribution in [1.29, 1.82) is 0 Å². The molecular weight excluding hydrogens is 230 g/mol. The third-order valence-corrected chi connectivity index (χ3v) is 3.61. The Kier molecular flexibility index (Phi) is 4.12. The van der Waals surface area contributed by atoms with E-state index in [0.717, 1.165) is 10.7 Å². The minimum absolute atomic E-state index is 0.00925. The lowest BCUT2D eigenvalue weighted by molar-refractivity contribution is 0.712. The first-order valence-electron chi connectivity index (χ1n) is 5.51. The first-order chi connectivity index (χ1) is 8.27. The maximum atomic E-state index is 6.21. The van der Waals surface area contributed by atoms with Gasteiger partial charge in [0.25, 0.3) is 0 Å². The van der Waals surface area contributed by atoms with Crippen LogP contribution in [0.4, 0.5) is 0 Å². The molecule has 2 aromatic rings. The highest BCUT2D eigenvalue weighted by Crippen LogP contribution is 2.27. The predicted octanol–water partition coefficient (Wildman–Crippen LogP) is 2.66. The summed E-state index contributed by atoms with van der Waals surface area (Å²) in [7, 11) is 0. The van der Waals surface area contributed by atoms with Crippen molar-refractivity contribution in [3.63, 3.8) is 0 Å². The molecular formula is C13H15N3S. The molecule has 88 valence electrons. The van der Waals surface area contributed by atoms with Crippen molar-refractivity contribution in [3.05, 3.63) is 54.4 Å². The van der Waals surface area contributed by atoms with Crippen LogP contribution in [0.25, 0.3) is 0 Å². The van der Waals surface area contributed by atoms with Gasteiger partial charge in [0.05, 0.1) is 0 Å². The van der Waals surface area contributed by atoms with Gasteiger partial charge in [-0.1, -0.05) is 49.0 Å². The zero-order chi connectivity index (χ0) is 12.1. The zero-order valence-corrected chi connectivity index (χ0v) is 10.5. The predicted molar refractivity (Wildman–Crippen MR) is 70.7 cm³/mol. The van der Waals surface area contributed by atoms with Crippen LogP contribution >= 0.6 is 11.8 Å². The van der Waals surface area contributed by atoms with Gasteiger partial charge in [-0.15, -0.1) is 0 Å². The van der Waals surface area contributed by atoms with Crippen LogP contribution in [0.2, 0.25) is 0 Å². The number of hydrogen-bond acceptors (Lipinski definition) is 4. The smallest absolute Gasteiger partial charge is 0.187 e. The molecule has 0 bridgehead atoms. The van der Waals surface area contributed by atoms with E-state index in [9.17, 15) is 0 Å². The zero-order valence-electron chi connectivity index (χ0n) is 9.65. The monoisotopic (exact) mass is 245 g/mol. The van der Waals surface area contributed by atoms with E-state index < -0.39 is 0 Å². The summed E-state index contributed by atoms with van der Waals surface area (Å²) < 4.78 is 0. The largest absolute Gasteiger partial charge is 0.323 e. The average molecular weight is 245 g/mol.